The first-order valence-corrected chi connectivity index (χ1v) is 12.5. The molecule has 4 rings (SSSR count). The standard InChI is InChI=1S/C28H32N4O6/c1-19-16-21(23-4-2-3-5-24(23)29-19)10-15-38-22-8-6-20(7-9-22)27(36)30-28(17-25(33)31-37)11-13-32(14-12-28)18-26(34)35/h2-9,16,37H,10-15,17-18H2,1H3,(H,30,36)(H,31,33)(H,34,35). The average Bonchev–Trinajstić information content (AvgIpc) is 2.90. The largest absolute Gasteiger partial charge is 0.493 e. The number of amides is 2. The Labute approximate surface area is 220 Å². The number of ether oxygens (including phenoxy) is 1. The lowest BCUT2D eigenvalue weighted by atomic mass is 9.83. The number of nitrogens with zero attached hydrogens (tertiary/aromatic N) is 2. The highest BCUT2D eigenvalue weighted by Crippen LogP contribution is 2.27. The predicted molar refractivity (Wildman–Crippen MR) is 140 cm³/mol. The van der Waals surface area contributed by atoms with E-state index in [4.69, 9.17) is 15.1 Å². The fourth-order valence-corrected chi connectivity index (χ4v) is 4.92. The van der Waals surface area contributed by atoms with Crippen LogP contribution in [0.1, 0.15) is 40.9 Å². The SMILES string of the molecule is Cc1cc(CCOc2ccc(C(=O)NC3(CC(=O)NO)CCN(CC(=O)O)CC3)cc2)c2ccccc2n1. The molecule has 2 amide bonds. The van der Waals surface area contributed by atoms with Gasteiger partial charge in [-0.2, -0.15) is 0 Å². The summed E-state index contributed by atoms with van der Waals surface area (Å²) in [6.07, 6.45) is 1.36. The number of hydroxylamine groups is 1. The van der Waals surface area contributed by atoms with Gasteiger partial charge in [0.2, 0.25) is 5.91 Å². The number of fused-ring (bicyclic) bond motifs is 1. The maximum absolute atomic E-state index is 13.1. The van der Waals surface area contributed by atoms with E-state index in [1.165, 1.54) is 0 Å². The van der Waals surface area contributed by atoms with Crippen LogP contribution in [0.5, 0.6) is 5.75 Å². The van der Waals surface area contributed by atoms with E-state index in [0.29, 0.717) is 50.3 Å². The van der Waals surface area contributed by atoms with Gasteiger partial charge in [-0.3, -0.25) is 29.5 Å². The number of hydrogen-bond acceptors (Lipinski definition) is 7. The van der Waals surface area contributed by atoms with E-state index >= 15 is 0 Å². The molecule has 0 bridgehead atoms. The number of carbonyl (C=O) groups excluding carboxylic acids is 2. The van der Waals surface area contributed by atoms with Crippen LogP contribution in [0.3, 0.4) is 0 Å². The molecule has 2 aromatic carbocycles. The number of hydrogen-bond donors (Lipinski definition) is 4. The number of aromatic nitrogens is 1. The van der Waals surface area contributed by atoms with Crippen molar-refractivity contribution in [3.05, 3.63) is 71.4 Å². The Hall–Kier alpha value is -4.02. The average molecular weight is 521 g/mol. The Morgan fingerprint density at radius 1 is 1.08 bits per heavy atom. The summed E-state index contributed by atoms with van der Waals surface area (Å²) in [5.41, 5.74) is 4.22. The topological polar surface area (TPSA) is 141 Å². The molecule has 38 heavy (non-hydrogen) atoms. The molecule has 1 aromatic heterocycles. The highest BCUT2D eigenvalue weighted by atomic mass is 16.5. The summed E-state index contributed by atoms with van der Waals surface area (Å²) < 4.78 is 5.93. The van der Waals surface area contributed by atoms with Gasteiger partial charge in [0.1, 0.15) is 5.75 Å². The van der Waals surface area contributed by atoms with Crippen LogP contribution in [-0.4, -0.2) is 69.8 Å². The van der Waals surface area contributed by atoms with Gasteiger partial charge in [-0.1, -0.05) is 18.2 Å². The van der Waals surface area contributed by atoms with Crippen LogP contribution in [0.4, 0.5) is 0 Å². The van der Waals surface area contributed by atoms with Crippen LogP contribution in [0, 0.1) is 6.92 Å². The third kappa shape index (κ3) is 6.84. The van der Waals surface area contributed by atoms with Gasteiger partial charge in [-0.05, 0) is 61.7 Å². The third-order valence-electron chi connectivity index (χ3n) is 6.86. The van der Waals surface area contributed by atoms with Crippen molar-refractivity contribution in [2.45, 2.75) is 38.1 Å². The van der Waals surface area contributed by atoms with Crippen molar-refractivity contribution in [2.75, 3.05) is 26.2 Å². The molecule has 1 fully saturated rings. The highest BCUT2D eigenvalue weighted by molar-refractivity contribution is 5.95. The minimum atomic E-state index is -0.929. The molecule has 10 heteroatoms. The molecule has 0 aliphatic carbocycles. The van der Waals surface area contributed by atoms with E-state index < -0.39 is 17.4 Å². The summed E-state index contributed by atoms with van der Waals surface area (Å²) in [5, 5.41) is 22.1. The number of carboxylic acid groups (broad SMARTS) is 1. The zero-order valence-electron chi connectivity index (χ0n) is 21.3. The number of carboxylic acids is 1. The van der Waals surface area contributed by atoms with Crippen molar-refractivity contribution in [3.8, 4) is 5.75 Å². The van der Waals surface area contributed by atoms with Crippen LogP contribution in [0.25, 0.3) is 10.9 Å². The lowest BCUT2D eigenvalue weighted by Crippen LogP contribution is -2.57. The first-order valence-electron chi connectivity index (χ1n) is 12.5. The Morgan fingerprint density at radius 3 is 2.47 bits per heavy atom. The monoisotopic (exact) mass is 520 g/mol. The molecule has 1 aliphatic rings. The van der Waals surface area contributed by atoms with E-state index in [1.807, 2.05) is 25.1 Å². The number of aryl methyl sites for hydroxylation is 1. The molecule has 3 aromatic rings. The van der Waals surface area contributed by atoms with Crippen LogP contribution in [-0.2, 0) is 16.0 Å². The molecule has 2 heterocycles. The van der Waals surface area contributed by atoms with Gasteiger partial charge in [-0.25, -0.2) is 5.48 Å². The van der Waals surface area contributed by atoms with E-state index in [2.05, 4.69) is 22.4 Å². The van der Waals surface area contributed by atoms with Crippen molar-refractivity contribution in [1.29, 1.82) is 0 Å². The van der Waals surface area contributed by atoms with Gasteiger partial charge in [0.15, 0.2) is 0 Å². The van der Waals surface area contributed by atoms with Gasteiger partial charge in [0.25, 0.3) is 5.91 Å². The molecule has 1 saturated heterocycles. The summed E-state index contributed by atoms with van der Waals surface area (Å²) in [6, 6.07) is 16.9. The molecular weight excluding hydrogens is 488 g/mol. The number of nitrogens with one attached hydrogen (secondary N) is 2. The van der Waals surface area contributed by atoms with Crippen LogP contribution < -0.4 is 15.5 Å². The normalized spacial score (nSPS) is 15.1. The first-order chi connectivity index (χ1) is 18.3. The minimum absolute atomic E-state index is 0.103. The number of likely N-dealkylation sites (tertiary alicyclic amines) is 1. The molecule has 0 spiro atoms. The molecule has 1 aliphatic heterocycles. The number of aliphatic carboxylic acids is 1. The second kappa shape index (κ2) is 12.0. The zero-order valence-corrected chi connectivity index (χ0v) is 21.3. The summed E-state index contributed by atoms with van der Waals surface area (Å²) in [6.45, 7) is 3.15. The summed E-state index contributed by atoms with van der Waals surface area (Å²) in [4.78, 5) is 42.4. The van der Waals surface area contributed by atoms with Crippen molar-refractivity contribution in [2.24, 2.45) is 0 Å². The molecule has 0 saturated carbocycles. The summed E-state index contributed by atoms with van der Waals surface area (Å²) in [7, 11) is 0. The van der Waals surface area contributed by atoms with Gasteiger partial charge >= 0.3 is 5.97 Å². The van der Waals surface area contributed by atoms with Gasteiger partial charge in [-0.15, -0.1) is 0 Å². The quantitative estimate of drug-likeness (QED) is 0.236. The Morgan fingerprint density at radius 2 is 1.79 bits per heavy atom. The fourth-order valence-electron chi connectivity index (χ4n) is 4.92. The van der Waals surface area contributed by atoms with E-state index in [-0.39, 0.29) is 18.9 Å². The second-order valence-corrected chi connectivity index (χ2v) is 9.68. The summed E-state index contributed by atoms with van der Waals surface area (Å²) >= 11 is 0. The van der Waals surface area contributed by atoms with Crippen LogP contribution in [0.15, 0.2) is 54.6 Å². The highest BCUT2D eigenvalue weighted by Gasteiger charge is 2.38. The maximum atomic E-state index is 13.1. The van der Waals surface area contributed by atoms with Gasteiger partial charge in [0, 0.05) is 36.2 Å². The van der Waals surface area contributed by atoms with E-state index in [0.717, 1.165) is 22.2 Å². The lowest BCUT2D eigenvalue weighted by Gasteiger charge is -2.41. The van der Waals surface area contributed by atoms with Crippen molar-refractivity contribution >= 4 is 28.7 Å². The maximum Gasteiger partial charge on any atom is 0.317 e. The Kier molecular flexibility index (Phi) is 8.55. The third-order valence-corrected chi connectivity index (χ3v) is 6.86. The zero-order chi connectivity index (χ0) is 27.1. The van der Waals surface area contributed by atoms with Gasteiger partial charge in [0.05, 0.1) is 30.6 Å². The fraction of sp³-hybridized carbons (Fsp3) is 0.357. The number of pyridine rings is 1. The number of rotatable bonds is 10. The molecule has 10 nitrogen and oxygen atoms in total. The molecule has 0 unspecified atom stereocenters. The van der Waals surface area contributed by atoms with Crippen molar-refractivity contribution < 1.29 is 29.4 Å². The Bertz CT molecular complexity index is 1300. The van der Waals surface area contributed by atoms with Crippen LogP contribution in [0.2, 0.25) is 0 Å². The number of piperidine rings is 1. The summed E-state index contributed by atoms with van der Waals surface area (Å²) in [5.74, 6) is -1.26. The molecule has 0 atom stereocenters. The molecule has 200 valence electrons. The predicted octanol–water partition coefficient (Wildman–Crippen LogP) is 2.71. The number of benzene rings is 2. The van der Waals surface area contributed by atoms with Crippen molar-refractivity contribution in [1.82, 2.24) is 20.7 Å². The molecule has 0 radical (unpaired) electrons. The molecule has 4 N–H and O–H groups in total. The second-order valence-electron chi connectivity index (χ2n) is 9.68. The Balaban J connectivity index is 1.36. The number of carbonyl (C=O) groups is 3. The van der Waals surface area contributed by atoms with E-state index in [9.17, 15) is 14.4 Å². The first kappa shape index (κ1) is 27.0. The van der Waals surface area contributed by atoms with E-state index in [1.54, 1.807) is 34.6 Å². The minimum Gasteiger partial charge on any atom is -0.493 e. The number of para-hydroxylation sites is 1. The smallest absolute Gasteiger partial charge is 0.317 e. The lowest BCUT2D eigenvalue weighted by molar-refractivity contribution is -0.139. The van der Waals surface area contributed by atoms with Gasteiger partial charge < -0.3 is 15.2 Å². The molecular formula is C28H32N4O6. The van der Waals surface area contributed by atoms with Crippen LogP contribution >= 0.6 is 0 Å². The van der Waals surface area contributed by atoms with Crippen molar-refractivity contribution in [3.63, 3.8) is 0 Å².